The summed E-state index contributed by atoms with van der Waals surface area (Å²) in [5.41, 5.74) is 0.540. The summed E-state index contributed by atoms with van der Waals surface area (Å²) in [4.78, 5) is 0. The van der Waals surface area contributed by atoms with Gasteiger partial charge in [0, 0.05) is 19.3 Å². The van der Waals surface area contributed by atoms with E-state index in [1.54, 1.807) is 18.2 Å². The SMILES string of the molecule is CC(NCCCOCC1CCCO1)c1c(O)cccc1O. The van der Waals surface area contributed by atoms with Gasteiger partial charge in [0.1, 0.15) is 11.5 Å². The number of hydrogen-bond acceptors (Lipinski definition) is 5. The lowest BCUT2D eigenvalue weighted by Gasteiger charge is -2.17. The van der Waals surface area contributed by atoms with E-state index < -0.39 is 0 Å². The largest absolute Gasteiger partial charge is 0.507 e. The van der Waals surface area contributed by atoms with Crippen LogP contribution in [0.1, 0.15) is 37.8 Å². The van der Waals surface area contributed by atoms with Gasteiger partial charge in [0.25, 0.3) is 0 Å². The number of benzene rings is 1. The van der Waals surface area contributed by atoms with Crippen molar-refractivity contribution in [2.24, 2.45) is 0 Å². The number of hydrogen-bond donors (Lipinski definition) is 3. The molecule has 0 radical (unpaired) electrons. The molecule has 21 heavy (non-hydrogen) atoms. The van der Waals surface area contributed by atoms with Crippen molar-refractivity contribution >= 4 is 0 Å². The molecule has 118 valence electrons. The molecule has 5 nitrogen and oxygen atoms in total. The van der Waals surface area contributed by atoms with Crippen molar-refractivity contribution in [3.05, 3.63) is 23.8 Å². The molecule has 1 aliphatic heterocycles. The van der Waals surface area contributed by atoms with Crippen LogP contribution in [0.5, 0.6) is 11.5 Å². The van der Waals surface area contributed by atoms with E-state index in [4.69, 9.17) is 9.47 Å². The van der Waals surface area contributed by atoms with E-state index >= 15 is 0 Å². The Kier molecular flexibility index (Phi) is 6.29. The van der Waals surface area contributed by atoms with Gasteiger partial charge in [-0.1, -0.05) is 6.07 Å². The zero-order valence-corrected chi connectivity index (χ0v) is 12.5. The van der Waals surface area contributed by atoms with Gasteiger partial charge in [-0.3, -0.25) is 0 Å². The first kappa shape index (κ1) is 16.1. The molecule has 1 aromatic rings. The van der Waals surface area contributed by atoms with Crippen LogP contribution in [0, 0.1) is 0 Å². The van der Waals surface area contributed by atoms with E-state index in [0.29, 0.717) is 18.8 Å². The Labute approximate surface area is 125 Å². The van der Waals surface area contributed by atoms with Gasteiger partial charge in [0.2, 0.25) is 0 Å². The van der Waals surface area contributed by atoms with Crippen LogP contribution >= 0.6 is 0 Å². The number of rotatable bonds is 8. The summed E-state index contributed by atoms with van der Waals surface area (Å²) >= 11 is 0. The number of aromatic hydroxyl groups is 2. The average Bonchev–Trinajstić information content (AvgIpc) is 2.95. The molecule has 2 rings (SSSR count). The normalized spacial score (nSPS) is 19.8. The maximum Gasteiger partial charge on any atom is 0.124 e. The molecule has 2 atom stereocenters. The molecule has 0 saturated carbocycles. The van der Waals surface area contributed by atoms with E-state index in [0.717, 1.165) is 32.4 Å². The molecular formula is C16H25NO4. The lowest BCUT2D eigenvalue weighted by Crippen LogP contribution is -2.22. The number of ether oxygens (including phenoxy) is 2. The van der Waals surface area contributed by atoms with E-state index in [9.17, 15) is 10.2 Å². The summed E-state index contributed by atoms with van der Waals surface area (Å²) in [7, 11) is 0. The topological polar surface area (TPSA) is 71.0 Å². The van der Waals surface area contributed by atoms with Crippen molar-refractivity contribution in [2.75, 3.05) is 26.4 Å². The van der Waals surface area contributed by atoms with Gasteiger partial charge in [-0.05, 0) is 44.9 Å². The minimum absolute atomic E-state index is 0.107. The highest BCUT2D eigenvalue weighted by Gasteiger charge is 2.15. The van der Waals surface area contributed by atoms with E-state index in [1.807, 2.05) is 6.92 Å². The predicted octanol–water partition coefficient (Wildman–Crippen LogP) is 2.33. The number of phenolic OH excluding ortho intramolecular Hbond substituents is 2. The third-order valence-electron chi connectivity index (χ3n) is 3.74. The van der Waals surface area contributed by atoms with E-state index in [-0.39, 0.29) is 23.6 Å². The monoisotopic (exact) mass is 295 g/mol. The molecule has 0 amide bonds. The van der Waals surface area contributed by atoms with Gasteiger partial charge in [-0.15, -0.1) is 0 Å². The van der Waals surface area contributed by atoms with Gasteiger partial charge in [0.15, 0.2) is 0 Å². The maximum atomic E-state index is 9.79. The quantitative estimate of drug-likeness (QED) is 0.642. The molecule has 0 aromatic heterocycles. The third kappa shape index (κ3) is 4.88. The highest BCUT2D eigenvalue weighted by Crippen LogP contribution is 2.31. The molecule has 0 aliphatic carbocycles. The van der Waals surface area contributed by atoms with Crippen molar-refractivity contribution in [1.29, 1.82) is 0 Å². The summed E-state index contributed by atoms with van der Waals surface area (Å²) in [5.74, 6) is 0.231. The van der Waals surface area contributed by atoms with Crippen molar-refractivity contribution in [3.8, 4) is 11.5 Å². The lowest BCUT2D eigenvalue weighted by molar-refractivity contribution is 0.0165. The Morgan fingerprint density at radius 3 is 2.81 bits per heavy atom. The fraction of sp³-hybridized carbons (Fsp3) is 0.625. The van der Waals surface area contributed by atoms with Crippen molar-refractivity contribution in [1.82, 2.24) is 5.32 Å². The minimum atomic E-state index is -0.107. The Hall–Kier alpha value is -1.30. The van der Waals surface area contributed by atoms with Gasteiger partial charge >= 0.3 is 0 Å². The molecule has 2 unspecified atom stereocenters. The summed E-state index contributed by atoms with van der Waals surface area (Å²) in [6.45, 7) is 4.90. The smallest absolute Gasteiger partial charge is 0.124 e. The summed E-state index contributed by atoms with van der Waals surface area (Å²) < 4.78 is 11.1. The molecule has 3 N–H and O–H groups in total. The van der Waals surface area contributed by atoms with E-state index in [2.05, 4.69) is 5.32 Å². The number of phenols is 2. The summed E-state index contributed by atoms with van der Waals surface area (Å²) in [6, 6.07) is 4.68. The second kappa shape index (κ2) is 8.22. The summed E-state index contributed by atoms with van der Waals surface area (Å²) in [6.07, 6.45) is 3.39. The Morgan fingerprint density at radius 2 is 2.14 bits per heavy atom. The molecule has 0 bridgehead atoms. The standard InChI is InChI=1S/C16H25NO4/c1-12(16-14(18)6-2-7-15(16)19)17-8-4-9-20-11-13-5-3-10-21-13/h2,6-7,12-13,17-19H,3-5,8-11H2,1H3. The Bertz CT molecular complexity index is 412. The van der Waals surface area contributed by atoms with Crippen molar-refractivity contribution in [2.45, 2.75) is 38.3 Å². The summed E-state index contributed by atoms with van der Waals surface area (Å²) in [5, 5.41) is 22.8. The molecular weight excluding hydrogens is 270 g/mol. The molecule has 0 spiro atoms. The molecule has 1 saturated heterocycles. The van der Waals surface area contributed by atoms with Gasteiger partial charge in [-0.2, -0.15) is 0 Å². The van der Waals surface area contributed by atoms with Crippen LogP contribution in [0.2, 0.25) is 0 Å². The molecule has 1 aromatic carbocycles. The van der Waals surface area contributed by atoms with E-state index in [1.165, 1.54) is 0 Å². The molecule has 1 aliphatic rings. The predicted molar refractivity (Wildman–Crippen MR) is 80.6 cm³/mol. The third-order valence-corrected chi connectivity index (χ3v) is 3.74. The van der Waals surface area contributed by atoms with Gasteiger partial charge in [-0.25, -0.2) is 0 Å². The zero-order chi connectivity index (χ0) is 15.1. The van der Waals surface area contributed by atoms with Gasteiger partial charge < -0.3 is 25.0 Å². The molecule has 1 fully saturated rings. The molecule has 5 heteroatoms. The maximum absolute atomic E-state index is 9.79. The minimum Gasteiger partial charge on any atom is -0.507 e. The Morgan fingerprint density at radius 1 is 1.38 bits per heavy atom. The average molecular weight is 295 g/mol. The Balaban J connectivity index is 1.61. The van der Waals surface area contributed by atoms with Crippen LogP contribution in [0.4, 0.5) is 0 Å². The fourth-order valence-corrected chi connectivity index (χ4v) is 2.57. The van der Waals surface area contributed by atoms with Crippen LogP contribution < -0.4 is 5.32 Å². The first-order chi connectivity index (χ1) is 10.2. The lowest BCUT2D eigenvalue weighted by atomic mass is 10.1. The first-order valence-electron chi connectivity index (χ1n) is 7.62. The van der Waals surface area contributed by atoms with Crippen molar-refractivity contribution in [3.63, 3.8) is 0 Å². The van der Waals surface area contributed by atoms with Crippen LogP contribution in [0.25, 0.3) is 0 Å². The first-order valence-corrected chi connectivity index (χ1v) is 7.62. The molecule has 1 heterocycles. The fourth-order valence-electron chi connectivity index (χ4n) is 2.57. The van der Waals surface area contributed by atoms with Crippen LogP contribution in [0.3, 0.4) is 0 Å². The second-order valence-corrected chi connectivity index (χ2v) is 5.45. The highest BCUT2D eigenvalue weighted by molar-refractivity contribution is 5.44. The van der Waals surface area contributed by atoms with Gasteiger partial charge in [0.05, 0.1) is 18.3 Å². The zero-order valence-electron chi connectivity index (χ0n) is 12.5. The van der Waals surface area contributed by atoms with Crippen LogP contribution in [0.15, 0.2) is 18.2 Å². The van der Waals surface area contributed by atoms with Crippen LogP contribution in [-0.4, -0.2) is 42.7 Å². The highest BCUT2D eigenvalue weighted by atomic mass is 16.5. The second-order valence-electron chi connectivity index (χ2n) is 5.45. The van der Waals surface area contributed by atoms with Crippen LogP contribution in [-0.2, 0) is 9.47 Å². The van der Waals surface area contributed by atoms with Crippen molar-refractivity contribution < 1.29 is 19.7 Å². The number of nitrogens with one attached hydrogen (secondary N) is 1.